The van der Waals surface area contributed by atoms with Gasteiger partial charge in [0.2, 0.25) is 0 Å². The highest BCUT2D eigenvalue weighted by Crippen LogP contribution is 2.23. The third kappa shape index (κ3) is 4.59. The van der Waals surface area contributed by atoms with Crippen LogP contribution in [0.5, 0.6) is 0 Å². The number of aryl methyl sites for hydroxylation is 2. The van der Waals surface area contributed by atoms with Gasteiger partial charge in [-0.25, -0.2) is 4.79 Å². The molecule has 0 aliphatic carbocycles. The van der Waals surface area contributed by atoms with Gasteiger partial charge in [0.05, 0.1) is 12.2 Å². The van der Waals surface area contributed by atoms with E-state index in [4.69, 9.17) is 4.74 Å². The van der Waals surface area contributed by atoms with E-state index in [2.05, 4.69) is 9.97 Å². The Hall–Kier alpha value is -3.41. The number of nitrogens with one attached hydrogen (secondary N) is 1. The maximum Gasteiger partial charge on any atom is 0.340 e. The third-order valence-corrected chi connectivity index (χ3v) is 5.14. The van der Waals surface area contributed by atoms with Gasteiger partial charge in [0, 0.05) is 31.2 Å². The zero-order chi connectivity index (χ0) is 21.7. The predicted molar refractivity (Wildman–Crippen MR) is 115 cm³/mol. The Bertz CT molecular complexity index is 1040. The SMILES string of the molecule is CCOC(=O)c1c(C)[nH]c(C(=O)N(Cc2cccnc2)Cc2ccccc2C)c1C. The molecule has 0 aliphatic rings. The molecule has 0 atom stereocenters. The van der Waals surface area contributed by atoms with Crippen LogP contribution >= 0.6 is 0 Å². The van der Waals surface area contributed by atoms with E-state index in [1.807, 2.05) is 43.3 Å². The number of hydrogen-bond acceptors (Lipinski definition) is 4. The van der Waals surface area contributed by atoms with Crippen molar-refractivity contribution in [1.82, 2.24) is 14.9 Å². The minimum absolute atomic E-state index is 0.168. The van der Waals surface area contributed by atoms with Gasteiger partial charge in [-0.1, -0.05) is 30.3 Å². The number of rotatable bonds is 7. The topological polar surface area (TPSA) is 75.3 Å². The molecule has 156 valence electrons. The lowest BCUT2D eigenvalue weighted by Crippen LogP contribution is -2.31. The minimum atomic E-state index is -0.416. The number of aromatic amines is 1. The number of benzene rings is 1. The van der Waals surface area contributed by atoms with Crippen molar-refractivity contribution in [2.24, 2.45) is 0 Å². The van der Waals surface area contributed by atoms with Gasteiger partial charge in [-0.3, -0.25) is 9.78 Å². The van der Waals surface area contributed by atoms with E-state index < -0.39 is 5.97 Å². The predicted octanol–water partition coefficient (Wildman–Crippen LogP) is 4.35. The van der Waals surface area contributed by atoms with Crippen LogP contribution in [0.1, 0.15) is 55.7 Å². The largest absolute Gasteiger partial charge is 0.462 e. The average molecular weight is 405 g/mol. The summed E-state index contributed by atoms with van der Waals surface area (Å²) >= 11 is 0. The van der Waals surface area contributed by atoms with Crippen molar-refractivity contribution in [3.05, 3.63) is 88.0 Å². The van der Waals surface area contributed by atoms with Crippen LogP contribution in [0, 0.1) is 20.8 Å². The molecular weight excluding hydrogens is 378 g/mol. The molecule has 1 aromatic carbocycles. The van der Waals surface area contributed by atoms with Crippen LogP contribution in [-0.4, -0.2) is 33.4 Å². The van der Waals surface area contributed by atoms with E-state index in [1.165, 1.54) is 0 Å². The lowest BCUT2D eigenvalue weighted by molar-refractivity contribution is 0.0525. The fourth-order valence-corrected chi connectivity index (χ4v) is 3.54. The lowest BCUT2D eigenvalue weighted by Gasteiger charge is -2.24. The molecule has 0 saturated heterocycles. The maximum absolute atomic E-state index is 13.6. The molecule has 1 N–H and O–H groups in total. The van der Waals surface area contributed by atoms with Crippen LogP contribution in [-0.2, 0) is 17.8 Å². The molecule has 0 aliphatic heterocycles. The molecule has 6 heteroatoms. The number of carbonyl (C=O) groups is 2. The Morgan fingerprint density at radius 3 is 2.50 bits per heavy atom. The second kappa shape index (κ2) is 9.39. The molecule has 0 saturated carbocycles. The summed E-state index contributed by atoms with van der Waals surface area (Å²) in [5.41, 5.74) is 5.20. The summed E-state index contributed by atoms with van der Waals surface area (Å²) in [5.74, 6) is -0.584. The van der Waals surface area contributed by atoms with Gasteiger partial charge in [-0.15, -0.1) is 0 Å². The molecule has 1 amide bonds. The first-order valence-electron chi connectivity index (χ1n) is 10.0. The van der Waals surface area contributed by atoms with Gasteiger partial charge in [-0.2, -0.15) is 0 Å². The molecule has 3 aromatic rings. The van der Waals surface area contributed by atoms with Crippen molar-refractivity contribution in [3.63, 3.8) is 0 Å². The lowest BCUT2D eigenvalue weighted by atomic mass is 10.1. The van der Waals surface area contributed by atoms with E-state index in [9.17, 15) is 9.59 Å². The molecule has 6 nitrogen and oxygen atoms in total. The highest BCUT2D eigenvalue weighted by atomic mass is 16.5. The number of carbonyl (C=O) groups excluding carboxylic acids is 2. The van der Waals surface area contributed by atoms with E-state index >= 15 is 0 Å². The number of H-pyrrole nitrogens is 1. The molecule has 2 heterocycles. The molecular formula is C24H27N3O3. The summed E-state index contributed by atoms with van der Waals surface area (Å²) in [6.45, 7) is 8.50. The Kier molecular flexibility index (Phi) is 6.67. The van der Waals surface area contributed by atoms with E-state index in [-0.39, 0.29) is 12.5 Å². The van der Waals surface area contributed by atoms with Gasteiger partial charge in [0.15, 0.2) is 0 Å². The first kappa shape index (κ1) is 21.3. The molecule has 0 spiro atoms. The van der Waals surface area contributed by atoms with E-state index in [0.717, 1.165) is 16.7 Å². The highest BCUT2D eigenvalue weighted by molar-refractivity contribution is 6.00. The van der Waals surface area contributed by atoms with Crippen molar-refractivity contribution >= 4 is 11.9 Å². The van der Waals surface area contributed by atoms with Crippen LogP contribution in [0.25, 0.3) is 0 Å². The molecule has 3 rings (SSSR count). The van der Waals surface area contributed by atoms with Gasteiger partial charge < -0.3 is 14.6 Å². The quantitative estimate of drug-likeness (QED) is 0.593. The zero-order valence-electron chi connectivity index (χ0n) is 17.9. The monoisotopic (exact) mass is 405 g/mol. The van der Waals surface area contributed by atoms with Gasteiger partial charge in [0.25, 0.3) is 5.91 Å². The summed E-state index contributed by atoms with van der Waals surface area (Å²) < 4.78 is 5.16. The molecule has 30 heavy (non-hydrogen) atoms. The second-order valence-corrected chi connectivity index (χ2v) is 7.29. The van der Waals surface area contributed by atoms with Crippen molar-refractivity contribution in [3.8, 4) is 0 Å². The number of amides is 1. The maximum atomic E-state index is 13.6. The summed E-state index contributed by atoms with van der Waals surface area (Å²) in [4.78, 5) is 34.9. The van der Waals surface area contributed by atoms with Gasteiger partial charge >= 0.3 is 5.97 Å². The Morgan fingerprint density at radius 1 is 1.07 bits per heavy atom. The fourth-order valence-electron chi connectivity index (χ4n) is 3.54. The molecule has 0 bridgehead atoms. The van der Waals surface area contributed by atoms with Crippen LogP contribution in [0.15, 0.2) is 48.8 Å². The molecule has 0 radical (unpaired) electrons. The summed E-state index contributed by atoms with van der Waals surface area (Å²) in [6, 6.07) is 11.8. The number of nitrogens with zero attached hydrogens (tertiary/aromatic N) is 2. The zero-order valence-corrected chi connectivity index (χ0v) is 17.9. The summed E-state index contributed by atoms with van der Waals surface area (Å²) in [5, 5.41) is 0. The average Bonchev–Trinajstić information content (AvgIpc) is 3.03. The summed E-state index contributed by atoms with van der Waals surface area (Å²) in [6.07, 6.45) is 3.47. The minimum Gasteiger partial charge on any atom is -0.462 e. The Labute approximate surface area is 176 Å². The first-order chi connectivity index (χ1) is 14.4. The van der Waals surface area contributed by atoms with Gasteiger partial charge in [0.1, 0.15) is 5.69 Å². The smallest absolute Gasteiger partial charge is 0.340 e. The van der Waals surface area contributed by atoms with Crippen molar-refractivity contribution < 1.29 is 14.3 Å². The van der Waals surface area contributed by atoms with Crippen molar-refractivity contribution in [1.29, 1.82) is 0 Å². The molecule has 2 aromatic heterocycles. The van der Waals surface area contributed by atoms with Gasteiger partial charge in [-0.05, 0) is 56.0 Å². The van der Waals surface area contributed by atoms with Crippen LogP contribution in [0.3, 0.4) is 0 Å². The van der Waals surface area contributed by atoms with E-state index in [1.54, 1.807) is 38.1 Å². The Balaban J connectivity index is 1.97. The third-order valence-electron chi connectivity index (χ3n) is 5.14. The summed E-state index contributed by atoms with van der Waals surface area (Å²) in [7, 11) is 0. The fraction of sp³-hybridized carbons (Fsp3) is 0.292. The first-order valence-corrected chi connectivity index (χ1v) is 10.0. The number of esters is 1. The Morgan fingerprint density at radius 2 is 1.83 bits per heavy atom. The van der Waals surface area contributed by atoms with Crippen LogP contribution in [0.2, 0.25) is 0 Å². The number of hydrogen-bond donors (Lipinski definition) is 1. The molecule has 0 fully saturated rings. The van der Waals surface area contributed by atoms with Crippen LogP contribution < -0.4 is 0 Å². The number of pyridine rings is 1. The van der Waals surface area contributed by atoms with Crippen LogP contribution in [0.4, 0.5) is 0 Å². The van der Waals surface area contributed by atoms with Crippen molar-refractivity contribution in [2.75, 3.05) is 6.61 Å². The molecule has 0 unspecified atom stereocenters. The second-order valence-electron chi connectivity index (χ2n) is 7.29. The normalized spacial score (nSPS) is 10.7. The standard InChI is InChI=1S/C24H27N3O3/c1-5-30-24(29)21-17(3)22(26-18(21)4)23(28)27(14-19-10-8-12-25-13-19)15-20-11-7-6-9-16(20)2/h6-13,26H,5,14-15H2,1-4H3. The van der Waals surface area contributed by atoms with Crippen molar-refractivity contribution in [2.45, 2.75) is 40.8 Å². The van der Waals surface area contributed by atoms with E-state index in [0.29, 0.717) is 35.6 Å². The highest BCUT2D eigenvalue weighted by Gasteiger charge is 2.26. The number of ether oxygens (including phenoxy) is 1. The number of aromatic nitrogens is 2.